The van der Waals surface area contributed by atoms with E-state index in [1.807, 2.05) is 30.3 Å². The van der Waals surface area contributed by atoms with Crippen LogP contribution in [0, 0.1) is 6.92 Å². The topological polar surface area (TPSA) is 149 Å². The third-order valence-corrected chi connectivity index (χ3v) is 7.44. The highest BCUT2D eigenvalue weighted by Gasteiger charge is 2.25. The minimum Gasteiger partial charge on any atom is -0.492 e. The molecule has 14 heteroatoms. The van der Waals surface area contributed by atoms with Crippen molar-refractivity contribution in [3.8, 4) is 51.0 Å². The molecule has 0 bridgehead atoms. The van der Waals surface area contributed by atoms with Crippen LogP contribution in [-0.2, 0) is 37.0 Å². The summed E-state index contributed by atoms with van der Waals surface area (Å²) in [4.78, 5) is 0. The maximum atomic E-state index is 12.4. The highest BCUT2D eigenvalue weighted by molar-refractivity contribution is 7.86. The molecule has 4 aromatic carbocycles. The summed E-state index contributed by atoms with van der Waals surface area (Å²) in [6.07, 6.45) is 2.71. The van der Waals surface area contributed by atoms with Gasteiger partial charge >= 0.3 is 30.4 Å². The summed E-state index contributed by atoms with van der Waals surface area (Å²) in [6, 6.07) is 21.6. The molecule has 0 aliphatic carbocycles. The van der Waals surface area contributed by atoms with Crippen LogP contribution in [0.15, 0.2) is 78.9 Å². The van der Waals surface area contributed by atoms with E-state index in [0.717, 1.165) is 24.3 Å². The summed E-state index contributed by atoms with van der Waals surface area (Å²) < 4.78 is 99.4. The first-order valence-corrected chi connectivity index (χ1v) is 18.3. The predicted molar refractivity (Wildman–Crippen MR) is 166 cm³/mol. The summed E-state index contributed by atoms with van der Waals surface area (Å²) in [5.74, 6) is 0.0260. The number of methoxy groups -OCH3 is 1. The van der Waals surface area contributed by atoms with Crippen LogP contribution in [0.25, 0.3) is 22.3 Å². The van der Waals surface area contributed by atoms with Crippen molar-refractivity contribution in [3.63, 3.8) is 0 Å². The molecule has 0 spiro atoms. The molecule has 0 saturated carbocycles. The standard InChI is InChI=1S/C30H30O11S3/c1-20-17-25(22-11-14-24(15-12-22)39-42(3,31)32)29(37-2)30(41-44(5,35)36)28(20)23-13-16-26(27(18-23)40-43(4,33)34)38-19-21-9-7-6-8-10-21/h6-18H,19H2,1-5H3. The van der Waals surface area contributed by atoms with Crippen LogP contribution in [-0.4, -0.2) is 51.1 Å². The van der Waals surface area contributed by atoms with Gasteiger partial charge in [0.1, 0.15) is 12.4 Å². The van der Waals surface area contributed by atoms with Gasteiger partial charge in [0.2, 0.25) is 0 Å². The molecule has 11 nitrogen and oxygen atoms in total. The molecule has 234 valence electrons. The normalized spacial score (nSPS) is 11.9. The minimum atomic E-state index is -4.09. The van der Waals surface area contributed by atoms with Crippen molar-refractivity contribution in [1.82, 2.24) is 0 Å². The van der Waals surface area contributed by atoms with Crippen LogP contribution < -0.4 is 22.0 Å². The largest absolute Gasteiger partial charge is 0.492 e. The number of rotatable bonds is 12. The fraction of sp³-hybridized carbons (Fsp3) is 0.200. The molecule has 0 N–H and O–H groups in total. The van der Waals surface area contributed by atoms with Crippen LogP contribution in [0.3, 0.4) is 0 Å². The number of hydrogen-bond acceptors (Lipinski definition) is 11. The first kappa shape index (κ1) is 32.6. The fourth-order valence-electron chi connectivity index (χ4n) is 4.39. The lowest BCUT2D eigenvalue weighted by atomic mass is 9.93. The van der Waals surface area contributed by atoms with E-state index in [0.29, 0.717) is 27.8 Å². The Hall–Kier alpha value is -4.27. The predicted octanol–water partition coefficient (Wildman–Crippen LogP) is 4.93. The second-order valence-electron chi connectivity index (χ2n) is 9.80. The molecule has 4 rings (SSSR count). The summed E-state index contributed by atoms with van der Waals surface area (Å²) >= 11 is 0. The van der Waals surface area contributed by atoms with E-state index in [4.69, 9.17) is 22.0 Å². The molecule has 0 fully saturated rings. The molecule has 4 aromatic rings. The fourth-order valence-corrected chi connectivity index (χ4v) is 5.77. The summed E-state index contributed by atoms with van der Waals surface area (Å²) in [6.45, 7) is 1.85. The van der Waals surface area contributed by atoms with E-state index in [1.165, 1.54) is 31.4 Å². The van der Waals surface area contributed by atoms with Crippen LogP contribution >= 0.6 is 0 Å². The van der Waals surface area contributed by atoms with Gasteiger partial charge in [-0.25, -0.2) is 0 Å². The Bertz CT molecular complexity index is 1990. The van der Waals surface area contributed by atoms with Gasteiger partial charge in [-0.3, -0.25) is 0 Å². The summed E-state index contributed by atoms with van der Waals surface area (Å²) in [5, 5.41) is 0. The van der Waals surface area contributed by atoms with Crippen LogP contribution in [0.2, 0.25) is 0 Å². The molecule has 0 saturated heterocycles. The van der Waals surface area contributed by atoms with Crippen molar-refractivity contribution in [2.45, 2.75) is 13.5 Å². The molecule has 0 amide bonds. The quantitative estimate of drug-likeness (QED) is 0.190. The lowest BCUT2D eigenvalue weighted by molar-refractivity contribution is 0.296. The number of hydrogen-bond donors (Lipinski definition) is 0. The van der Waals surface area contributed by atoms with Gasteiger partial charge in [0, 0.05) is 11.1 Å². The van der Waals surface area contributed by atoms with E-state index in [1.54, 1.807) is 31.2 Å². The number of aryl methyl sites for hydroxylation is 1. The zero-order chi connectivity index (χ0) is 32.3. The van der Waals surface area contributed by atoms with Gasteiger partial charge in [-0.2, -0.15) is 25.3 Å². The van der Waals surface area contributed by atoms with E-state index >= 15 is 0 Å². The Kier molecular flexibility index (Phi) is 9.47. The zero-order valence-electron chi connectivity index (χ0n) is 24.4. The highest BCUT2D eigenvalue weighted by atomic mass is 32.2. The van der Waals surface area contributed by atoms with Crippen molar-refractivity contribution in [1.29, 1.82) is 0 Å². The monoisotopic (exact) mass is 662 g/mol. The summed E-state index contributed by atoms with van der Waals surface area (Å²) in [5.41, 5.74) is 3.02. The van der Waals surface area contributed by atoms with Crippen LogP contribution in [0.1, 0.15) is 11.1 Å². The number of benzene rings is 4. The SMILES string of the molecule is COc1c(-c2ccc(OS(C)(=O)=O)cc2)cc(C)c(-c2ccc(OCc3ccccc3)c(OS(C)(=O)=O)c2)c1OS(C)(=O)=O. The van der Waals surface area contributed by atoms with Gasteiger partial charge in [0.25, 0.3) is 0 Å². The molecule has 0 aliphatic rings. The molecule has 0 aliphatic heterocycles. The smallest absolute Gasteiger partial charge is 0.306 e. The average Bonchev–Trinajstić information content (AvgIpc) is 2.91. The first-order chi connectivity index (χ1) is 20.5. The molecular weight excluding hydrogens is 633 g/mol. The molecule has 0 aromatic heterocycles. The van der Waals surface area contributed by atoms with Crippen molar-refractivity contribution in [3.05, 3.63) is 90.0 Å². The van der Waals surface area contributed by atoms with E-state index < -0.39 is 30.4 Å². The Balaban J connectivity index is 1.87. The second kappa shape index (κ2) is 12.8. The number of ether oxygens (including phenoxy) is 2. The van der Waals surface area contributed by atoms with E-state index in [2.05, 4.69) is 0 Å². The van der Waals surface area contributed by atoms with Crippen LogP contribution in [0.4, 0.5) is 0 Å². The highest BCUT2D eigenvalue weighted by Crippen LogP contribution is 2.49. The molecular formula is C30H30O11S3. The third kappa shape index (κ3) is 8.65. The lowest BCUT2D eigenvalue weighted by Gasteiger charge is -2.21. The molecule has 0 atom stereocenters. The summed E-state index contributed by atoms with van der Waals surface area (Å²) in [7, 11) is -10.5. The van der Waals surface area contributed by atoms with Gasteiger partial charge in [-0.1, -0.05) is 48.5 Å². The second-order valence-corrected chi connectivity index (χ2v) is 14.5. The van der Waals surface area contributed by atoms with Gasteiger partial charge in [0.15, 0.2) is 23.0 Å². The Morgan fingerprint density at radius 2 is 1.20 bits per heavy atom. The van der Waals surface area contributed by atoms with Crippen molar-refractivity contribution < 1.29 is 47.3 Å². The molecule has 0 radical (unpaired) electrons. The lowest BCUT2D eigenvalue weighted by Crippen LogP contribution is -2.10. The van der Waals surface area contributed by atoms with Gasteiger partial charge in [-0.15, -0.1) is 0 Å². The van der Waals surface area contributed by atoms with E-state index in [9.17, 15) is 25.3 Å². The Labute approximate surface area is 257 Å². The first-order valence-electron chi connectivity index (χ1n) is 12.8. The third-order valence-electron chi connectivity index (χ3n) is 6.00. The van der Waals surface area contributed by atoms with Gasteiger partial charge < -0.3 is 22.0 Å². The van der Waals surface area contributed by atoms with Gasteiger partial charge in [0.05, 0.1) is 25.9 Å². The van der Waals surface area contributed by atoms with Gasteiger partial charge in [-0.05, 0) is 59.5 Å². The molecule has 44 heavy (non-hydrogen) atoms. The van der Waals surface area contributed by atoms with Crippen LogP contribution in [0.5, 0.6) is 28.7 Å². The Morgan fingerprint density at radius 3 is 1.77 bits per heavy atom. The maximum absolute atomic E-state index is 12.4. The van der Waals surface area contributed by atoms with Crippen molar-refractivity contribution >= 4 is 30.4 Å². The van der Waals surface area contributed by atoms with E-state index in [-0.39, 0.29) is 35.4 Å². The zero-order valence-corrected chi connectivity index (χ0v) is 26.9. The minimum absolute atomic E-state index is 0.0581. The average molecular weight is 663 g/mol. The molecule has 0 heterocycles. The Morgan fingerprint density at radius 1 is 0.614 bits per heavy atom. The van der Waals surface area contributed by atoms with Crippen molar-refractivity contribution in [2.24, 2.45) is 0 Å². The molecule has 0 unspecified atom stereocenters. The van der Waals surface area contributed by atoms with Crippen molar-refractivity contribution in [2.75, 3.05) is 25.9 Å². The maximum Gasteiger partial charge on any atom is 0.306 e.